The number of likely N-dealkylation sites (tertiary alicyclic amines) is 1. The lowest BCUT2D eigenvalue weighted by atomic mass is 9.88. The van der Waals surface area contributed by atoms with E-state index in [1.54, 1.807) is 12.1 Å². The molecule has 0 saturated carbocycles. The summed E-state index contributed by atoms with van der Waals surface area (Å²) >= 11 is 12.6. The van der Waals surface area contributed by atoms with Gasteiger partial charge in [0.2, 0.25) is 0 Å². The highest BCUT2D eigenvalue weighted by Gasteiger charge is 2.47. The Labute approximate surface area is 267 Å². The van der Waals surface area contributed by atoms with Gasteiger partial charge in [-0.05, 0) is 72.4 Å². The molecular weight excluding hydrogens is 606 g/mol. The molecular formula is C34H37Cl2FN2O5. The van der Waals surface area contributed by atoms with Gasteiger partial charge in [-0.3, -0.25) is 4.79 Å². The molecule has 5 rings (SSSR count). The van der Waals surface area contributed by atoms with Crippen molar-refractivity contribution in [1.29, 1.82) is 0 Å². The van der Waals surface area contributed by atoms with Gasteiger partial charge < -0.3 is 24.4 Å². The predicted molar refractivity (Wildman–Crippen MR) is 167 cm³/mol. The van der Waals surface area contributed by atoms with Gasteiger partial charge in [-0.1, -0.05) is 72.9 Å². The number of benzene rings is 3. The second-order valence-electron chi connectivity index (χ2n) is 11.5. The van der Waals surface area contributed by atoms with Crippen molar-refractivity contribution in [2.75, 3.05) is 19.6 Å². The molecule has 0 aliphatic carbocycles. The van der Waals surface area contributed by atoms with Crippen LogP contribution < -0.4 is 0 Å². The van der Waals surface area contributed by atoms with Crippen molar-refractivity contribution in [2.24, 2.45) is 0 Å². The minimum atomic E-state index is -1.25. The zero-order valence-electron chi connectivity index (χ0n) is 24.6. The third-order valence-electron chi connectivity index (χ3n) is 8.46. The number of carbonyl (C=O) groups is 2. The molecule has 2 aliphatic rings. The quantitative estimate of drug-likeness (QED) is 0.228. The van der Waals surface area contributed by atoms with Crippen LogP contribution >= 0.6 is 23.2 Å². The molecule has 0 unspecified atom stereocenters. The summed E-state index contributed by atoms with van der Waals surface area (Å²) in [6, 6.07) is 20.6. The number of morpholine rings is 1. The number of carboxylic acid groups (broad SMARTS) is 1. The van der Waals surface area contributed by atoms with E-state index in [2.05, 4.69) is 11.8 Å². The molecule has 4 atom stereocenters. The number of nitrogens with zero attached hydrogens (tertiary/aromatic N) is 2. The largest absolute Gasteiger partial charge is 0.506 e. The Morgan fingerprint density at radius 3 is 2.14 bits per heavy atom. The van der Waals surface area contributed by atoms with E-state index in [9.17, 15) is 14.0 Å². The van der Waals surface area contributed by atoms with Crippen molar-refractivity contribution in [3.8, 4) is 0 Å². The summed E-state index contributed by atoms with van der Waals surface area (Å²) in [7, 11) is 0. The molecule has 0 aromatic heterocycles. The predicted octanol–water partition coefficient (Wildman–Crippen LogP) is 7.71. The molecule has 234 valence electrons. The number of amides is 1. The van der Waals surface area contributed by atoms with E-state index in [-0.39, 0.29) is 23.9 Å². The zero-order chi connectivity index (χ0) is 31.2. The summed E-state index contributed by atoms with van der Waals surface area (Å²) in [5.41, 5.74) is 2.59. The lowest BCUT2D eigenvalue weighted by Crippen LogP contribution is -2.58. The van der Waals surface area contributed by atoms with Crippen molar-refractivity contribution < 1.29 is 28.6 Å². The molecule has 3 aromatic rings. The van der Waals surface area contributed by atoms with E-state index in [1.807, 2.05) is 53.4 Å². The van der Waals surface area contributed by atoms with Crippen LogP contribution in [0.2, 0.25) is 10.0 Å². The van der Waals surface area contributed by atoms with Crippen molar-refractivity contribution >= 4 is 35.3 Å². The SMILES string of the molecule is CCC[C@H](CN1CCC(OC(=O)O)CC1)N1C(=O)[C@H](Cc2ccc(F)cc2)O[C@@H](c2ccc(Cl)cc2)[C@H]1c1ccc(Cl)cc1. The number of hydrogen-bond donors (Lipinski definition) is 1. The molecule has 0 bridgehead atoms. The summed E-state index contributed by atoms with van der Waals surface area (Å²) in [6.45, 7) is 4.07. The lowest BCUT2D eigenvalue weighted by molar-refractivity contribution is -0.180. The summed E-state index contributed by atoms with van der Waals surface area (Å²) in [5.74, 6) is -0.462. The maximum Gasteiger partial charge on any atom is 0.506 e. The summed E-state index contributed by atoms with van der Waals surface area (Å²) in [6.07, 6.45) is 0.237. The Bertz CT molecular complexity index is 1400. The highest BCUT2D eigenvalue weighted by molar-refractivity contribution is 6.30. The van der Waals surface area contributed by atoms with Gasteiger partial charge in [-0.2, -0.15) is 0 Å². The van der Waals surface area contributed by atoms with E-state index < -0.39 is 24.4 Å². The van der Waals surface area contributed by atoms with Gasteiger partial charge in [-0.15, -0.1) is 0 Å². The van der Waals surface area contributed by atoms with Crippen LogP contribution in [-0.2, 0) is 20.7 Å². The standard InChI is InChI=1S/C34H37Cl2FN2O5/c1-2-3-28(21-38-18-16-29(17-19-38)43-34(41)42)39-31(23-6-10-25(35)11-7-23)32(24-8-12-26(36)13-9-24)44-30(33(39)40)20-22-4-14-27(37)15-5-22/h4-15,28-32H,2-3,16-21H2,1H3,(H,41,42)/t28-,30+,31-,32+/m1/s1. The van der Waals surface area contributed by atoms with Crippen LogP contribution in [0.4, 0.5) is 9.18 Å². The Morgan fingerprint density at radius 1 is 0.977 bits per heavy atom. The van der Waals surface area contributed by atoms with E-state index in [1.165, 1.54) is 12.1 Å². The van der Waals surface area contributed by atoms with Crippen LogP contribution in [0.25, 0.3) is 0 Å². The molecule has 0 radical (unpaired) electrons. The molecule has 1 N–H and O–H groups in total. The Balaban J connectivity index is 1.53. The first-order valence-electron chi connectivity index (χ1n) is 15.1. The average molecular weight is 644 g/mol. The van der Waals surface area contributed by atoms with Crippen LogP contribution in [0.5, 0.6) is 0 Å². The molecule has 44 heavy (non-hydrogen) atoms. The minimum Gasteiger partial charge on any atom is -0.450 e. The number of rotatable bonds is 10. The van der Waals surface area contributed by atoms with Gasteiger partial charge in [0.25, 0.3) is 5.91 Å². The molecule has 10 heteroatoms. The van der Waals surface area contributed by atoms with Crippen LogP contribution in [0.3, 0.4) is 0 Å². The van der Waals surface area contributed by atoms with Crippen molar-refractivity contribution in [1.82, 2.24) is 9.80 Å². The van der Waals surface area contributed by atoms with Crippen molar-refractivity contribution in [2.45, 2.75) is 69.4 Å². The maximum absolute atomic E-state index is 14.6. The second-order valence-corrected chi connectivity index (χ2v) is 12.4. The minimum absolute atomic E-state index is 0.123. The van der Waals surface area contributed by atoms with Gasteiger partial charge in [0.05, 0.1) is 6.04 Å². The first-order chi connectivity index (χ1) is 21.2. The number of piperidine rings is 1. The highest BCUT2D eigenvalue weighted by Crippen LogP contribution is 2.44. The number of hydrogen-bond acceptors (Lipinski definition) is 5. The van der Waals surface area contributed by atoms with E-state index in [4.69, 9.17) is 37.8 Å². The van der Waals surface area contributed by atoms with Crippen LogP contribution in [-0.4, -0.2) is 64.9 Å². The van der Waals surface area contributed by atoms with Crippen molar-refractivity contribution in [3.05, 3.63) is 105 Å². The summed E-state index contributed by atoms with van der Waals surface area (Å²) < 4.78 is 25.5. The van der Waals surface area contributed by atoms with Crippen molar-refractivity contribution in [3.63, 3.8) is 0 Å². The molecule has 7 nitrogen and oxygen atoms in total. The first-order valence-corrected chi connectivity index (χ1v) is 15.8. The molecule has 2 heterocycles. The first kappa shape index (κ1) is 32.2. The topological polar surface area (TPSA) is 79.3 Å². The van der Waals surface area contributed by atoms with Gasteiger partial charge in [0.15, 0.2) is 0 Å². The Morgan fingerprint density at radius 2 is 1.57 bits per heavy atom. The number of ether oxygens (including phenoxy) is 2. The van der Waals surface area contributed by atoms with E-state index in [0.29, 0.717) is 48.9 Å². The fourth-order valence-electron chi connectivity index (χ4n) is 6.35. The van der Waals surface area contributed by atoms with Crippen LogP contribution in [0, 0.1) is 5.82 Å². The lowest BCUT2D eigenvalue weighted by Gasteiger charge is -2.49. The van der Waals surface area contributed by atoms with E-state index in [0.717, 1.165) is 29.5 Å². The second kappa shape index (κ2) is 14.7. The molecule has 2 fully saturated rings. The van der Waals surface area contributed by atoms with Crippen LogP contribution in [0.1, 0.15) is 61.4 Å². The Hall–Kier alpha value is -3.17. The number of carbonyl (C=O) groups excluding carboxylic acids is 1. The highest BCUT2D eigenvalue weighted by atomic mass is 35.5. The third-order valence-corrected chi connectivity index (χ3v) is 8.96. The van der Waals surface area contributed by atoms with Gasteiger partial charge in [0, 0.05) is 42.1 Å². The van der Waals surface area contributed by atoms with Gasteiger partial charge in [0.1, 0.15) is 24.1 Å². The molecule has 0 spiro atoms. The summed E-state index contributed by atoms with van der Waals surface area (Å²) in [5, 5.41) is 10.2. The summed E-state index contributed by atoms with van der Waals surface area (Å²) in [4.78, 5) is 29.9. The van der Waals surface area contributed by atoms with Crippen LogP contribution in [0.15, 0.2) is 72.8 Å². The molecule has 1 amide bonds. The fourth-order valence-corrected chi connectivity index (χ4v) is 6.60. The molecule has 3 aromatic carbocycles. The zero-order valence-corrected chi connectivity index (χ0v) is 26.1. The number of halogens is 3. The van der Waals surface area contributed by atoms with Gasteiger partial charge in [-0.25, -0.2) is 9.18 Å². The monoisotopic (exact) mass is 642 g/mol. The molecule has 2 aliphatic heterocycles. The smallest absolute Gasteiger partial charge is 0.450 e. The Kier molecular flexibility index (Phi) is 10.8. The molecule has 2 saturated heterocycles. The average Bonchev–Trinajstić information content (AvgIpc) is 3.00. The normalized spacial score (nSPS) is 22.1. The van der Waals surface area contributed by atoms with Gasteiger partial charge >= 0.3 is 6.16 Å². The third kappa shape index (κ3) is 7.91. The fraction of sp³-hybridized carbons (Fsp3) is 0.412. The maximum atomic E-state index is 14.6. The van der Waals surface area contributed by atoms with E-state index >= 15 is 0 Å².